The van der Waals surface area contributed by atoms with Crippen molar-refractivity contribution in [3.63, 3.8) is 0 Å². The number of hydrogen-bond acceptors (Lipinski definition) is 3. The number of rotatable bonds is 2. The Morgan fingerprint density at radius 1 is 1.33 bits per heavy atom. The fourth-order valence-corrected chi connectivity index (χ4v) is 2.69. The van der Waals surface area contributed by atoms with Crippen molar-refractivity contribution in [1.82, 2.24) is 14.8 Å². The van der Waals surface area contributed by atoms with Crippen molar-refractivity contribution in [2.45, 2.75) is 18.4 Å². The summed E-state index contributed by atoms with van der Waals surface area (Å²) in [7, 11) is 0. The van der Waals surface area contributed by atoms with Crippen LogP contribution in [0.4, 0.5) is 10.1 Å². The van der Waals surface area contributed by atoms with Gasteiger partial charge in [0.2, 0.25) is 0 Å². The van der Waals surface area contributed by atoms with Gasteiger partial charge in [0.15, 0.2) is 5.82 Å². The molecule has 0 amide bonds. The molecule has 0 fully saturated rings. The van der Waals surface area contributed by atoms with E-state index in [0.717, 1.165) is 30.2 Å². The molecule has 3 rings (SSSR count). The van der Waals surface area contributed by atoms with Crippen molar-refractivity contribution in [1.29, 1.82) is 0 Å². The monoisotopic (exact) mass is 310 g/mol. The van der Waals surface area contributed by atoms with E-state index in [1.807, 2.05) is 10.6 Å². The van der Waals surface area contributed by atoms with Crippen LogP contribution in [-0.2, 0) is 18.4 Å². The van der Waals surface area contributed by atoms with Crippen LogP contribution in [0.2, 0.25) is 0 Å². The molecule has 1 aromatic heterocycles. The quantitative estimate of drug-likeness (QED) is 0.798. The molecule has 0 N–H and O–H groups in total. The summed E-state index contributed by atoms with van der Waals surface area (Å²) in [5, 5.41) is 8.64. The van der Waals surface area contributed by atoms with Crippen LogP contribution in [0.15, 0.2) is 24.5 Å². The predicted molar refractivity (Wildman–Crippen MR) is 70.1 cm³/mol. The molecule has 0 saturated carbocycles. The van der Waals surface area contributed by atoms with Gasteiger partial charge in [0.25, 0.3) is 0 Å². The lowest BCUT2D eigenvalue weighted by molar-refractivity contribution is 0.558. The van der Waals surface area contributed by atoms with Crippen molar-refractivity contribution in [2.75, 3.05) is 11.4 Å². The largest absolute Gasteiger partial charge is 0.362 e. The Balaban J connectivity index is 1.93. The number of halogens is 2. The SMILES string of the molecule is Fc1ccc(N2CCn3cnnc3C2)c(CBr)c1. The first-order valence-electron chi connectivity index (χ1n) is 5.74. The molecule has 1 aliphatic heterocycles. The molecule has 0 unspecified atom stereocenters. The third-order valence-corrected chi connectivity index (χ3v) is 3.77. The number of anilines is 1. The molecule has 94 valence electrons. The standard InChI is InChI=1S/C12H12BrFN4/c13-6-9-5-10(14)1-2-11(9)17-3-4-18-8-15-16-12(18)7-17/h1-2,5,8H,3-4,6-7H2. The molecule has 0 aliphatic carbocycles. The summed E-state index contributed by atoms with van der Waals surface area (Å²) < 4.78 is 15.3. The molecule has 0 saturated heterocycles. The van der Waals surface area contributed by atoms with Gasteiger partial charge in [-0.15, -0.1) is 10.2 Å². The Kier molecular flexibility index (Phi) is 3.03. The van der Waals surface area contributed by atoms with Crippen molar-refractivity contribution >= 4 is 21.6 Å². The minimum Gasteiger partial charge on any atom is -0.362 e. The number of hydrogen-bond donors (Lipinski definition) is 0. The van der Waals surface area contributed by atoms with Crippen LogP contribution >= 0.6 is 15.9 Å². The summed E-state index contributed by atoms with van der Waals surface area (Å²) >= 11 is 3.41. The van der Waals surface area contributed by atoms with Gasteiger partial charge in [0, 0.05) is 24.1 Å². The molecule has 6 heteroatoms. The maximum absolute atomic E-state index is 13.2. The topological polar surface area (TPSA) is 34.0 Å². The Morgan fingerprint density at radius 2 is 2.22 bits per heavy atom. The molecule has 0 spiro atoms. The lowest BCUT2D eigenvalue weighted by Gasteiger charge is -2.30. The fourth-order valence-electron chi connectivity index (χ4n) is 2.24. The van der Waals surface area contributed by atoms with E-state index in [4.69, 9.17) is 0 Å². The Labute approximate surface area is 113 Å². The average molecular weight is 311 g/mol. The molecular formula is C12H12BrFN4. The highest BCUT2D eigenvalue weighted by atomic mass is 79.9. The second kappa shape index (κ2) is 4.68. The minimum absolute atomic E-state index is 0.201. The van der Waals surface area contributed by atoms with Gasteiger partial charge < -0.3 is 9.47 Å². The second-order valence-corrected chi connectivity index (χ2v) is 4.83. The Morgan fingerprint density at radius 3 is 3.06 bits per heavy atom. The van der Waals surface area contributed by atoms with Gasteiger partial charge in [-0.2, -0.15) is 0 Å². The molecule has 0 radical (unpaired) electrons. The molecule has 2 aromatic rings. The summed E-state index contributed by atoms with van der Waals surface area (Å²) in [4.78, 5) is 2.21. The lowest BCUT2D eigenvalue weighted by Crippen LogP contribution is -2.34. The summed E-state index contributed by atoms with van der Waals surface area (Å²) in [5.41, 5.74) is 2.02. The lowest BCUT2D eigenvalue weighted by atomic mass is 10.1. The van der Waals surface area contributed by atoms with E-state index in [9.17, 15) is 4.39 Å². The first kappa shape index (κ1) is 11.6. The number of benzene rings is 1. The number of alkyl halides is 1. The first-order chi connectivity index (χ1) is 8.78. The van der Waals surface area contributed by atoms with Crippen LogP contribution in [0.3, 0.4) is 0 Å². The van der Waals surface area contributed by atoms with Gasteiger partial charge in [-0.05, 0) is 23.8 Å². The van der Waals surface area contributed by atoms with E-state index in [0.29, 0.717) is 11.9 Å². The van der Waals surface area contributed by atoms with Crippen LogP contribution in [-0.4, -0.2) is 21.3 Å². The predicted octanol–water partition coefficient (Wildman–Crippen LogP) is 2.33. The van der Waals surface area contributed by atoms with Crippen molar-refractivity contribution in [2.24, 2.45) is 0 Å². The second-order valence-electron chi connectivity index (χ2n) is 4.27. The summed E-state index contributed by atoms with van der Waals surface area (Å²) in [6, 6.07) is 4.90. The average Bonchev–Trinajstić information content (AvgIpc) is 2.85. The molecule has 18 heavy (non-hydrogen) atoms. The first-order valence-corrected chi connectivity index (χ1v) is 6.86. The van der Waals surface area contributed by atoms with Gasteiger partial charge in [-0.3, -0.25) is 0 Å². The van der Waals surface area contributed by atoms with E-state index in [1.165, 1.54) is 6.07 Å². The molecule has 2 heterocycles. The molecule has 1 aliphatic rings. The maximum atomic E-state index is 13.2. The molecule has 1 aromatic carbocycles. The van der Waals surface area contributed by atoms with Crippen molar-refractivity contribution < 1.29 is 4.39 Å². The summed E-state index contributed by atoms with van der Waals surface area (Å²) in [6.07, 6.45) is 1.75. The van der Waals surface area contributed by atoms with E-state index in [-0.39, 0.29) is 5.82 Å². The minimum atomic E-state index is -0.201. The van der Waals surface area contributed by atoms with Crippen LogP contribution in [0, 0.1) is 5.82 Å². The number of aromatic nitrogens is 3. The highest BCUT2D eigenvalue weighted by molar-refractivity contribution is 9.08. The van der Waals surface area contributed by atoms with Gasteiger partial charge in [-0.25, -0.2) is 4.39 Å². The zero-order chi connectivity index (χ0) is 12.5. The number of nitrogens with zero attached hydrogens (tertiary/aromatic N) is 4. The van der Waals surface area contributed by atoms with Gasteiger partial charge >= 0.3 is 0 Å². The third-order valence-electron chi connectivity index (χ3n) is 3.17. The Hall–Kier alpha value is -1.43. The van der Waals surface area contributed by atoms with E-state index >= 15 is 0 Å². The highest BCUT2D eigenvalue weighted by Gasteiger charge is 2.19. The van der Waals surface area contributed by atoms with Gasteiger partial charge in [-0.1, -0.05) is 15.9 Å². The van der Waals surface area contributed by atoms with Crippen LogP contribution in [0.1, 0.15) is 11.4 Å². The normalized spacial score (nSPS) is 14.7. The smallest absolute Gasteiger partial charge is 0.152 e. The van der Waals surface area contributed by atoms with Crippen molar-refractivity contribution in [3.05, 3.63) is 41.7 Å². The van der Waals surface area contributed by atoms with Gasteiger partial charge in [0.1, 0.15) is 12.1 Å². The fraction of sp³-hybridized carbons (Fsp3) is 0.333. The molecule has 0 bridgehead atoms. The van der Waals surface area contributed by atoms with Gasteiger partial charge in [0.05, 0.1) is 6.54 Å². The Bertz CT molecular complexity index is 569. The van der Waals surface area contributed by atoms with E-state index in [1.54, 1.807) is 12.4 Å². The van der Waals surface area contributed by atoms with Crippen LogP contribution in [0.25, 0.3) is 0 Å². The summed E-state index contributed by atoms with van der Waals surface area (Å²) in [6.45, 7) is 2.46. The van der Waals surface area contributed by atoms with Crippen LogP contribution in [0.5, 0.6) is 0 Å². The summed E-state index contributed by atoms with van der Waals surface area (Å²) in [5.74, 6) is 0.750. The zero-order valence-electron chi connectivity index (χ0n) is 9.68. The number of fused-ring (bicyclic) bond motifs is 1. The molecule has 4 nitrogen and oxygen atoms in total. The highest BCUT2D eigenvalue weighted by Crippen LogP contribution is 2.26. The van der Waals surface area contributed by atoms with E-state index in [2.05, 4.69) is 31.0 Å². The van der Waals surface area contributed by atoms with E-state index < -0.39 is 0 Å². The molecule has 0 atom stereocenters. The van der Waals surface area contributed by atoms with Crippen molar-refractivity contribution in [3.8, 4) is 0 Å². The maximum Gasteiger partial charge on any atom is 0.152 e. The molecular weight excluding hydrogens is 299 g/mol. The third kappa shape index (κ3) is 2.01. The van der Waals surface area contributed by atoms with Crippen LogP contribution < -0.4 is 4.90 Å². The zero-order valence-corrected chi connectivity index (χ0v) is 11.3.